The van der Waals surface area contributed by atoms with Crippen LogP contribution in [0, 0.1) is 5.92 Å². The molecule has 2 nitrogen and oxygen atoms in total. The van der Waals surface area contributed by atoms with E-state index in [1.54, 1.807) is 6.07 Å². The summed E-state index contributed by atoms with van der Waals surface area (Å²) in [6.07, 6.45) is -3.92. The van der Waals surface area contributed by atoms with Crippen LogP contribution in [-0.4, -0.2) is 12.5 Å². The molecule has 3 atom stereocenters. The molecule has 3 rings (SSSR count). The van der Waals surface area contributed by atoms with E-state index in [9.17, 15) is 18.0 Å². The second kappa shape index (κ2) is 6.90. The lowest BCUT2D eigenvalue weighted by Crippen LogP contribution is -2.29. The van der Waals surface area contributed by atoms with Crippen molar-refractivity contribution in [1.82, 2.24) is 5.32 Å². The molecule has 1 amide bonds. The van der Waals surface area contributed by atoms with E-state index < -0.39 is 11.7 Å². The molecule has 0 heterocycles. The minimum absolute atomic E-state index is 0.157. The average molecular weight is 347 g/mol. The quantitative estimate of drug-likeness (QED) is 0.832. The molecule has 1 N–H and O–H groups in total. The predicted octanol–water partition coefficient (Wildman–Crippen LogP) is 4.73. The number of rotatable bonds is 5. The molecular formula is C20H20F3NO. The zero-order valence-corrected chi connectivity index (χ0v) is 13.9. The highest BCUT2D eigenvalue weighted by Crippen LogP contribution is 2.51. The third-order valence-electron chi connectivity index (χ3n) is 4.74. The number of carbonyl (C=O) groups is 1. The topological polar surface area (TPSA) is 29.1 Å². The summed E-state index contributed by atoms with van der Waals surface area (Å²) >= 11 is 0. The molecule has 2 aromatic carbocycles. The number of carbonyl (C=O) groups excluding carboxylic acids is 1. The normalized spacial score (nSPS) is 20.8. The summed E-state index contributed by atoms with van der Waals surface area (Å²) in [4.78, 5) is 12.3. The maximum absolute atomic E-state index is 13.1. The first-order valence-electron chi connectivity index (χ1n) is 8.36. The van der Waals surface area contributed by atoms with Gasteiger partial charge in [0.1, 0.15) is 0 Å². The van der Waals surface area contributed by atoms with Crippen molar-refractivity contribution in [2.75, 3.05) is 6.54 Å². The Morgan fingerprint density at radius 1 is 1.12 bits per heavy atom. The van der Waals surface area contributed by atoms with Gasteiger partial charge in [-0.25, -0.2) is 0 Å². The highest BCUT2D eigenvalue weighted by molar-refractivity contribution is 5.83. The molecule has 0 aromatic heterocycles. The number of nitrogens with one attached hydrogen (secondary N) is 1. The van der Waals surface area contributed by atoms with E-state index in [-0.39, 0.29) is 29.2 Å². The number of halogens is 3. The Bertz CT molecular complexity index is 742. The van der Waals surface area contributed by atoms with E-state index >= 15 is 0 Å². The van der Waals surface area contributed by atoms with Gasteiger partial charge in [0, 0.05) is 12.5 Å². The monoisotopic (exact) mass is 347 g/mol. The van der Waals surface area contributed by atoms with Gasteiger partial charge in [0.05, 0.1) is 5.56 Å². The van der Waals surface area contributed by atoms with E-state index in [0.717, 1.165) is 11.6 Å². The number of alkyl halides is 3. The van der Waals surface area contributed by atoms with Crippen LogP contribution < -0.4 is 5.32 Å². The van der Waals surface area contributed by atoms with Gasteiger partial charge in [-0.15, -0.1) is 0 Å². The highest BCUT2D eigenvalue weighted by Gasteiger charge is 2.47. The van der Waals surface area contributed by atoms with E-state index in [0.29, 0.717) is 13.0 Å². The smallest absolute Gasteiger partial charge is 0.355 e. The van der Waals surface area contributed by atoms with Crippen LogP contribution in [0.25, 0.3) is 0 Å². The van der Waals surface area contributed by atoms with Crippen molar-refractivity contribution in [3.8, 4) is 0 Å². The molecule has 1 saturated carbocycles. The Hall–Kier alpha value is -2.30. The minimum atomic E-state index is -4.39. The van der Waals surface area contributed by atoms with Crippen LogP contribution in [-0.2, 0) is 11.0 Å². The van der Waals surface area contributed by atoms with Crippen molar-refractivity contribution in [2.24, 2.45) is 5.92 Å². The van der Waals surface area contributed by atoms with Crippen molar-refractivity contribution in [2.45, 2.75) is 31.4 Å². The van der Waals surface area contributed by atoms with Gasteiger partial charge >= 0.3 is 6.18 Å². The summed E-state index contributed by atoms with van der Waals surface area (Å²) in [5, 5.41) is 2.88. The predicted molar refractivity (Wildman–Crippen MR) is 90.2 cm³/mol. The molecule has 0 spiro atoms. The molecular weight excluding hydrogens is 327 g/mol. The summed E-state index contributed by atoms with van der Waals surface area (Å²) < 4.78 is 39.3. The van der Waals surface area contributed by atoms with Gasteiger partial charge in [0.25, 0.3) is 0 Å². The molecule has 0 saturated heterocycles. The Labute approximate surface area is 145 Å². The van der Waals surface area contributed by atoms with Crippen molar-refractivity contribution in [3.63, 3.8) is 0 Å². The lowest BCUT2D eigenvalue weighted by molar-refractivity contribution is -0.138. The third kappa shape index (κ3) is 4.03. The molecule has 0 aliphatic heterocycles. The van der Waals surface area contributed by atoms with Crippen LogP contribution >= 0.6 is 0 Å². The van der Waals surface area contributed by atoms with E-state index in [1.165, 1.54) is 12.1 Å². The fraction of sp³-hybridized carbons (Fsp3) is 0.350. The van der Waals surface area contributed by atoms with Crippen molar-refractivity contribution < 1.29 is 18.0 Å². The zero-order valence-electron chi connectivity index (χ0n) is 13.9. The van der Waals surface area contributed by atoms with Gasteiger partial charge in [-0.05, 0) is 35.4 Å². The Morgan fingerprint density at radius 2 is 1.76 bits per heavy atom. The highest BCUT2D eigenvalue weighted by atomic mass is 19.4. The van der Waals surface area contributed by atoms with Crippen molar-refractivity contribution in [3.05, 3.63) is 71.3 Å². The summed E-state index contributed by atoms with van der Waals surface area (Å²) in [5.74, 6) is -0.717. The third-order valence-corrected chi connectivity index (χ3v) is 4.74. The van der Waals surface area contributed by atoms with Crippen LogP contribution in [0.1, 0.15) is 41.9 Å². The SMILES string of the molecule is CC(CNC(=O)C1CC1c1ccccc1C(F)(F)F)c1ccccc1. The second-order valence-corrected chi connectivity index (χ2v) is 6.59. The molecule has 1 fully saturated rings. The zero-order chi connectivity index (χ0) is 18.0. The second-order valence-electron chi connectivity index (χ2n) is 6.59. The van der Waals surface area contributed by atoms with Gasteiger partial charge in [-0.1, -0.05) is 55.5 Å². The molecule has 1 aliphatic carbocycles. The van der Waals surface area contributed by atoms with Crippen LogP contribution in [0.2, 0.25) is 0 Å². The molecule has 0 radical (unpaired) electrons. The van der Waals surface area contributed by atoms with Gasteiger partial charge in [-0.3, -0.25) is 4.79 Å². The Kier molecular flexibility index (Phi) is 4.84. The summed E-state index contributed by atoms with van der Waals surface area (Å²) in [6, 6.07) is 15.3. The standard InChI is InChI=1S/C20H20F3NO/c1-13(14-7-3-2-4-8-14)12-24-19(25)17-11-16(17)15-9-5-6-10-18(15)20(21,22)23/h2-10,13,16-17H,11-12H2,1H3,(H,24,25). The van der Waals surface area contributed by atoms with Gasteiger partial charge in [0.2, 0.25) is 5.91 Å². The summed E-state index contributed by atoms with van der Waals surface area (Å²) in [7, 11) is 0. The summed E-state index contributed by atoms with van der Waals surface area (Å²) in [5.41, 5.74) is 0.719. The largest absolute Gasteiger partial charge is 0.416 e. The van der Waals surface area contributed by atoms with Crippen molar-refractivity contribution >= 4 is 5.91 Å². The molecule has 0 bridgehead atoms. The lowest BCUT2D eigenvalue weighted by Gasteiger charge is -2.14. The maximum Gasteiger partial charge on any atom is 0.416 e. The van der Waals surface area contributed by atoms with Gasteiger partial charge in [0.15, 0.2) is 0 Å². The number of hydrogen-bond donors (Lipinski definition) is 1. The van der Waals surface area contributed by atoms with Crippen LogP contribution in [0.15, 0.2) is 54.6 Å². The molecule has 5 heteroatoms. The minimum Gasteiger partial charge on any atom is -0.355 e. The molecule has 132 valence electrons. The molecule has 25 heavy (non-hydrogen) atoms. The first-order chi connectivity index (χ1) is 11.9. The van der Waals surface area contributed by atoms with E-state index in [1.807, 2.05) is 37.3 Å². The van der Waals surface area contributed by atoms with E-state index in [2.05, 4.69) is 5.32 Å². The maximum atomic E-state index is 13.1. The van der Waals surface area contributed by atoms with Crippen LogP contribution in [0.3, 0.4) is 0 Å². The Balaban J connectivity index is 1.60. The van der Waals surface area contributed by atoms with Gasteiger partial charge < -0.3 is 5.32 Å². The Morgan fingerprint density at radius 3 is 2.44 bits per heavy atom. The molecule has 3 unspecified atom stereocenters. The first kappa shape index (κ1) is 17.5. The fourth-order valence-corrected chi connectivity index (χ4v) is 3.19. The van der Waals surface area contributed by atoms with Gasteiger partial charge in [-0.2, -0.15) is 13.2 Å². The molecule has 2 aromatic rings. The van der Waals surface area contributed by atoms with E-state index in [4.69, 9.17) is 0 Å². The summed E-state index contributed by atoms with van der Waals surface area (Å²) in [6.45, 7) is 2.49. The van der Waals surface area contributed by atoms with Crippen LogP contribution in [0.5, 0.6) is 0 Å². The number of amides is 1. The number of benzene rings is 2. The first-order valence-corrected chi connectivity index (χ1v) is 8.36. The fourth-order valence-electron chi connectivity index (χ4n) is 3.19. The van der Waals surface area contributed by atoms with Crippen LogP contribution in [0.4, 0.5) is 13.2 Å². The number of hydrogen-bond acceptors (Lipinski definition) is 1. The van der Waals surface area contributed by atoms with Crippen molar-refractivity contribution in [1.29, 1.82) is 0 Å². The molecule has 1 aliphatic rings. The average Bonchev–Trinajstić information content (AvgIpc) is 3.40. The lowest BCUT2D eigenvalue weighted by atomic mass is 10.0.